The Hall–Kier alpha value is -1.44. The molecule has 3 rings (SSSR count). The lowest BCUT2D eigenvalue weighted by atomic mass is 10.0. The van der Waals surface area contributed by atoms with Gasteiger partial charge in [-0.3, -0.25) is 9.59 Å². The highest BCUT2D eigenvalue weighted by atomic mass is 79.9. The molecule has 1 spiro atoms. The molecule has 2 saturated heterocycles. The number of ether oxygens (including phenoxy) is 2. The number of nitrogens with one attached hydrogen (secondary N) is 1. The van der Waals surface area contributed by atoms with Crippen molar-refractivity contribution in [3.05, 3.63) is 28.2 Å². The molecule has 6 nitrogen and oxygen atoms in total. The molecule has 1 aromatic carbocycles. The second-order valence-corrected chi connectivity index (χ2v) is 7.03. The van der Waals surface area contributed by atoms with E-state index < -0.39 is 5.79 Å². The molecule has 0 bridgehead atoms. The summed E-state index contributed by atoms with van der Waals surface area (Å²) in [6.45, 7) is 4.31. The van der Waals surface area contributed by atoms with Gasteiger partial charge in [0.25, 0.3) is 0 Å². The SMILES string of the molecule is Cc1ccc(NC(=O)CC(=O)N2CCC3(CC2)OCCO3)cc1Br. The summed E-state index contributed by atoms with van der Waals surface area (Å²) in [6, 6.07) is 5.56. The maximum Gasteiger partial charge on any atom is 0.233 e. The number of carbonyl (C=O) groups is 2. The molecule has 0 unspecified atom stereocenters. The molecule has 0 aromatic heterocycles. The monoisotopic (exact) mass is 396 g/mol. The van der Waals surface area contributed by atoms with Crippen molar-refractivity contribution in [2.24, 2.45) is 0 Å². The molecule has 1 N–H and O–H groups in total. The van der Waals surface area contributed by atoms with Gasteiger partial charge in [0.2, 0.25) is 11.8 Å². The number of aryl methyl sites for hydroxylation is 1. The molecule has 2 aliphatic heterocycles. The number of hydrogen-bond acceptors (Lipinski definition) is 4. The zero-order valence-corrected chi connectivity index (χ0v) is 15.2. The van der Waals surface area contributed by atoms with Crippen LogP contribution in [0.5, 0.6) is 0 Å². The molecule has 0 atom stereocenters. The number of halogens is 1. The Morgan fingerprint density at radius 3 is 2.54 bits per heavy atom. The number of nitrogens with zero attached hydrogens (tertiary/aromatic N) is 1. The largest absolute Gasteiger partial charge is 0.347 e. The van der Waals surface area contributed by atoms with E-state index in [9.17, 15) is 9.59 Å². The van der Waals surface area contributed by atoms with E-state index in [1.165, 1.54) is 0 Å². The predicted octanol–water partition coefficient (Wildman–Crippen LogP) is 2.45. The van der Waals surface area contributed by atoms with Crippen molar-refractivity contribution in [2.45, 2.75) is 32.0 Å². The molecule has 0 aliphatic carbocycles. The number of carbonyl (C=O) groups excluding carboxylic acids is 2. The molecule has 24 heavy (non-hydrogen) atoms. The lowest BCUT2D eigenvalue weighted by molar-refractivity contribution is -0.187. The highest BCUT2D eigenvalue weighted by Crippen LogP contribution is 2.31. The average molecular weight is 397 g/mol. The molecule has 130 valence electrons. The third-order valence-electron chi connectivity index (χ3n) is 4.46. The van der Waals surface area contributed by atoms with Crippen LogP contribution in [0.25, 0.3) is 0 Å². The Kier molecular flexibility index (Phi) is 5.22. The minimum absolute atomic E-state index is 0.153. The summed E-state index contributed by atoms with van der Waals surface area (Å²) < 4.78 is 12.2. The summed E-state index contributed by atoms with van der Waals surface area (Å²) in [5, 5.41) is 2.76. The van der Waals surface area contributed by atoms with E-state index in [0.29, 0.717) is 44.8 Å². The first-order valence-corrected chi connectivity index (χ1v) is 8.88. The van der Waals surface area contributed by atoms with Crippen LogP contribution in [0.4, 0.5) is 5.69 Å². The van der Waals surface area contributed by atoms with E-state index in [-0.39, 0.29) is 18.2 Å². The third kappa shape index (κ3) is 3.96. The summed E-state index contributed by atoms with van der Waals surface area (Å²) in [5.41, 5.74) is 1.76. The van der Waals surface area contributed by atoms with Gasteiger partial charge in [-0.15, -0.1) is 0 Å². The van der Waals surface area contributed by atoms with Crippen molar-refractivity contribution < 1.29 is 19.1 Å². The van der Waals surface area contributed by atoms with Gasteiger partial charge in [-0.2, -0.15) is 0 Å². The van der Waals surface area contributed by atoms with Gasteiger partial charge in [0.15, 0.2) is 5.79 Å². The average Bonchev–Trinajstić information content (AvgIpc) is 2.99. The molecule has 0 saturated carbocycles. The van der Waals surface area contributed by atoms with Crippen LogP contribution in [-0.2, 0) is 19.1 Å². The fourth-order valence-corrected chi connectivity index (χ4v) is 3.39. The van der Waals surface area contributed by atoms with E-state index in [1.54, 1.807) is 4.90 Å². The van der Waals surface area contributed by atoms with E-state index >= 15 is 0 Å². The Labute approximate surface area is 149 Å². The fraction of sp³-hybridized carbons (Fsp3) is 0.529. The number of anilines is 1. The van der Waals surface area contributed by atoms with E-state index in [1.807, 2.05) is 25.1 Å². The molecular weight excluding hydrogens is 376 g/mol. The van der Waals surface area contributed by atoms with Crippen LogP contribution < -0.4 is 5.32 Å². The number of likely N-dealkylation sites (tertiary alicyclic amines) is 1. The van der Waals surface area contributed by atoms with Crippen molar-refractivity contribution in [1.82, 2.24) is 4.90 Å². The van der Waals surface area contributed by atoms with Crippen LogP contribution in [0.2, 0.25) is 0 Å². The van der Waals surface area contributed by atoms with Crippen molar-refractivity contribution >= 4 is 33.4 Å². The topological polar surface area (TPSA) is 67.9 Å². The molecule has 2 heterocycles. The van der Waals surface area contributed by atoms with Gasteiger partial charge >= 0.3 is 0 Å². The fourth-order valence-electron chi connectivity index (χ4n) is 3.01. The molecule has 1 aromatic rings. The van der Waals surface area contributed by atoms with E-state index in [4.69, 9.17) is 9.47 Å². The molecule has 2 fully saturated rings. The van der Waals surface area contributed by atoms with Crippen molar-refractivity contribution in [1.29, 1.82) is 0 Å². The van der Waals surface area contributed by atoms with Crippen molar-refractivity contribution in [2.75, 3.05) is 31.6 Å². The maximum atomic E-state index is 12.3. The third-order valence-corrected chi connectivity index (χ3v) is 5.31. The smallest absolute Gasteiger partial charge is 0.233 e. The lowest BCUT2D eigenvalue weighted by Crippen LogP contribution is -2.47. The molecule has 2 amide bonds. The minimum atomic E-state index is -0.507. The Morgan fingerprint density at radius 1 is 1.25 bits per heavy atom. The summed E-state index contributed by atoms with van der Waals surface area (Å²) in [7, 11) is 0. The Bertz CT molecular complexity index is 633. The predicted molar refractivity (Wildman–Crippen MR) is 92.6 cm³/mol. The first-order valence-electron chi connectivity index (χ1n) is 8.09. The number of amides is 2. The standard InChI is InChI=1S/C17H21BrN2O4/c1-12-2-3-13(10-14(12)18)19-15(21)11-16(22)20-6-4-17(5-7-20)23-8-9-24-17/h2-3,10H,4-9,11H2,1H3,(H,19,21). The number of hydrogen-bond donors (Lipinski definition) is 1. The van der Waals surface area contributed by atoms with Gasteiger partial charge in [0.1, 0.15) is 6.42 Å². The van der Waals surface area contributed by atoms with E-state index in [2.05, 4.69) is 21.2 Å². The molecule has 7 heteroatoms. The van der Waals surface area contributed by atoms with Gasteiger partial charge in [0, 0.05) is 36.1 Å². The number of benzene rings is 1. The zero-order chi connectivity index (χ0) is 17.2. The van der Waals surface area contributed by atoms with Gasteiger partial charge in [0.05, 0.1) is 13.2 Å². The number of rotatable bonds is 3. The zero-order valence-electron chi connectivity index (χ0n) is 13.6. The van der Waals surface area contributed by atoms with E-state index in [0.717, 1.165) is 10.0 Å². The van der Waals surface area contributed by atoms with Crippen LogP contribution in [0.15, 0.2) is 22.7 Å². The van der Waals surface area contributed by atoms with Gasteiger partial charge in [-0.25, -0.2) is 0 Å². The van der Waals surface area contributed by atoms with Crippen LogP contribution in [0.3, 0.4) is 0 Å². The highest BCUT2D eigenvalue weighted by Gasteiger charge is 2.40. The van der Waals surface area contributed by atoms with Gasteiger partial charge in [-0.1, -0.05) is 22.0 Å². The lowest BCUT2D eigenvalue weighted by Gasteiger charge is -2.37. The highest BCUT2D eigenvalue weighted by molar-refractivity contribution is 9.10. The van der Waals surface area contributed by atoms with Crippen molar-refractivity contribution in [3.8, 4) is 0 Å². The number of piperidine rings is 1. The minimum Gasteiger partial charge on any atom is -0.347 e. The Balaban J connectivity index is 1.49. The van der Waals surface area contributed by atoms with Crippen LogP contribution in [0, 0.1) is 6.92 Å². The first kappa shape index (κ1) is 17.4. The first-order chi connectivity index (χ1) is 11.5. The van der Waals surface area contributed by atoms with Crippen LogP contribution in [0.1, 0.15) is 24.8 Å². The van der Waals surface area contributed by atoms with Gasteiger partial charge in [-0.05, 0) is 24.6 Å². The summed E-state index contributed by atoms with van der Waals surface area (Å²) in [5.74, 6) is -0.969. The second kappa shape index (κ2) is 7.21. The maximum absolute atomic E-state index is 12.3. The Morgan fingerprint density at radius 2 is 1.92 bits per heavy atom. The molecular formula is C17H21BrN2O4. The van der Waals surface area contributed by atoms with Crippen LogP contribution in [-0.4, -0.2) is 48.8 Å². The summed E-state index contributed by atoms with van der Waals surface area (Å²) >= 11 is 3.43. The molecule has 0 radical (unpaired) electrons. The van der Waals surface area contributed by atoms with Gasteiger partial charge < -0.3 is 19.7 Å². The summed E-state index contributed by atoms with van der Waals surface area (Å²) in [6.07, 6.45) is 1.16. The molecule has 2 aliphatic rings. The normalized spacial score (nSPS) is 19.5. The quantitative estimate of drug-likeness (QED) is 0.796. The van der Waals surface area contributed by atoms with Crippen LogP contribution >= 0.6 is 15.9 Å². The second-order valence-electron chi connectivity index (χ2n) is 6.18. The van der Waals surface area contributed by atoms with Crippen molar-refractivity contribution in [3.63, 3.8) is 0 Å². The summed E-state index contributed by atoms with van der Waals surface area (Å²) in [4.78, 5) is 26.1.